The molecule has 138 valence electrons. The summed E-state index contributed by atoms with van der Waals surface area (Å²) in [4.78, 5) is 31.8. The predicted octanol–water partition coefficient (Wildman–Crippen LogP) is 1.82. The van der Waals surface area contributed by atoms with Crippen molar-refractivity contribution >= 4 is 40.7 Å². The highest BCUT2D eigenvalue weighted by atomic mass is 35.5. The van der Waals surface area contributed by atoms with Gasteiger partial charge in [-0.3, -0.25) is 31.3 Å². The lowest BCUT2D eigenvalue weighted by molar-refractivity contribution is 0.0933. The largest absolute Gasteiger partial charge is 0.459 e. The molecule has 0 saturated carbocycles. The minimum Gasteiger partial charge on any atom is -0.459 e. The van der Waals surface area contributed by atoms with Gasteiger partial charge in [0.25, 0.3) is 5.91 Å². The molecule has 0 saturated heterocycles. The van der Waals surface area contributed by atoms with Crippen molar-refractivity contribution in [2.24, 2.45) is 0 Å². The van der Waals surface area contributed by atoms with E-state index in [1.54, 1.807) is 24.3 Å². The van der Waals surface area contributed by atoms with Crippen LogP contribution >= 0.6 is 11.6 Å². The number of carbonyl (C=O) groups excluding carboxylic acids is 2. The summed E-state index contributed by atoms with van der Waals surface area (Å²) >= 11 is 5.86. The summed E-state index contributed by atoms with van der Waals surface area (Å²) in [6.07, 6.45) is 2.57. The van der Waals surface area contributed by atoms with Gasteiger partial charge in [-0.25, -0.2) is 9.97 Å². The summed E-state index contributed by atoms with van der Waals surface area (Å²) in [6, 6.07) is 9.50. The van der Waals surface area contributed by atoms with Crippen molar-refractivity contribution in [3.63, 3.8) is 0 Å². The van der Waals surface area contributed by atoms with E-state index in [0.717, 1.165) is 0 Å². The van der Waals surface area contributed by atoms with E-state index in [9.17, 15) is 9.59 Å². The molecule has 0 aliphatic carbocycles. The highest BCUT2D eigenvalue weighted by Crippen LogP contribution is 2.21. The third-order valence-corrected chi connectivity index (χ3v) is 3.54. The van der Waals surface area contributed by atoms with Crippen molar-refractivity contribution in [2.75, 3.05) is 16.6 Å². The van der Waals surface area contributed by atoms with E-state index in [4.69, 9.17) is 21.8 Å². The molecule has 0 spiro atoms. The number of furan rings is 1. The van der Waals surface area contributed by atoms with E-state index in [-0.39, 0.29) is 23.1 Å². The number of rotatable bonds is 6. The Hall–Kier alpha value is -3.79. The van der Waals surface area contributed by atoms with Crippen molar-refractivity contribution in [1.82, 2.24) is 20.8 Å². The van der Waals surface area contributed by atoms with Gasteiger partial charge in [-0.15, -0.1) is 0 Å². The zero-order valence-corrected chi connectivity index (χ0v) is 14.4. The molecule has 2 heterocycles. The molecule has 6 N–H and O–H groups in total. The molecule has 10 nitrogen and oxygen atoms in total. The standard InChI is InChI=1S/C16H14ClN7O3/c17-10-4-1-3-9(7-10)15(25)23-21-13-12(18)14(20-8-19-13)22-24-16(26)11-5-2-6-27-11/h1-8H,18H2,(H,23,25)(H,24,26)(H2,19,20,21,22). The average molecular weight is 388 g/mol. The Balaban J connectivity index is 1.62. The minimum atomic E-state index is -0.512. The van der Waals surface area contributed by atoms with Gasteiger partial charge in [0, 0.05) is 10.6 Å². The zero-order chi connectivity index (χ0) is 19.2. The molecule has 0 atom stereocenters. The molecular weight excluding hydrogens is 374 g/mol. The van der Waals surface area contributed by atoms with Gasteiger partial charge >= 0.3 is 5.91 Å². The summed E-state index contributed by atoms with van der Waals surface area (Å²) in [5.74, 6) is -0.570. The number of anilines is 3. The molecule has 0 bridgehead atoms. The quantitative estimate of drug-likeness (QED) is 0.402. The Morgan fingerprint density at radius 2 is 1.70 bits per heavy atom. The van der Waals surface area contributed by atoms with Gasteiger partial charge in [-0.2, -0.15) is 0 Å². The van der Waals surface area contributed by atoms with E-state index in [2.05, 4.69) is 31.7 Å². The molecule has 2 aromatic heterocycles. The fourth-order valence-electron chi connectivity index (χ4n) is 2.00. The number of nitrogens with two attached hydrogens (primary N) is 1. The molecule has 2 amide bonds. The minimum absolute atomic E-state index is 0.0728. The van der Waals surface area contributed by atoms with Gasteiger partial charge < -0.3 is 10.2 Å². The Bertz CT molecular complexity index is 962. The Morgan fingerprint density at radius 3 is 2.33 bits per heavy atom. The van der Waals surface area contributed by atoms with E-state index < -0.39 is 11.8 Å². The van der Waals surface area contributed by atoms with Gasteiger partial charge in [0.15, 0.2) is 17.4 Å². The van der Waals surface area contributed by atoms with Crippen LogP contribution in [0.4, 0.5) is 17.3 Å². The number of halogens is 1. The SMILES string of the molecule is Nc1c(NNC(=O)c2cccc(Cl)c2)ncnc1NNC(=O)c1ccco1. The number of amides is 2. The van der Waals surface area contributed by atoms with Crippen LogP contribution in [0.2, 0.25) is 5.02 Å². The zero-order valence-electron chi connectivity index (χ0n) is 13.7. The number of nitrogen functional groups attached to an aromatic ring is 1. The second-order valence-corrected chi connectivity index (χ2v) is 5.57. The summed E-state index contributed by atoms with van der Waals surface area (Å²) in [5, 5.41) is 0.433. The summed E-state index contributed by atoms with van der Waals surface area (Å²) in [7, 11) is 0. The van der Waals surface area contributed by atoms with Crippen LogP contribution in [0.3, 0.4) is 0 Å². The fourth-order valence-corrected chi connectivity index (χ4v) is 2.19. The van der Waals surface area contributed by atoms with Gasteiger partial charge in [-0.05, 0) is 30.3 Å². The van der Waals surface area contributed by atoms with Crippen molar-refractivity contribution in [3.05, 3.63) is 65.3 Å². The van der Waals surface area contributed by atoms with Crippen LogP contribution in [0, 0.1) is 0 Å². The van der Waals surface area contributed by atoms with E-state index >= 15 is 0 Å². The van der Waals surface area contributed by atoms with Gasteiger partial charge in [0.05, 0.1) is 6.26 Å². The van der Waals surface area contributed by atoms with Crippen LogP contribution in [0.1, 0.15) is 20.9 Å². The smallest absolute Gasteiger partial charge is 0.305 e. The number of nitrogens with one attached hydrogen (secondary N) is 4. The van der Waals surface area contributed by atoms with Crippen LogP contribution in [-0.4, -0.2) is 21.8 Å². The molecule has 0 radical (unpaired) electrons. The second-order valence-electron chi connectivity index (χ2n) is 5.13. The number of hydrogen-bond donors (Lipinski definition) is 5. The lowest BCUT2D eigenvalue weighted by Gasteiger charge is -2.13. The lowest BCUT2D eigenvalue weighted by Crippen LogP contribution is -2.32. The molecule has 0 aliphatic heterocycles. The van der Waals surface area contributed by atoms with Crippen LogP contribution in [-0.2, 0) is 0 Å². The molecule has 1 aromatic carbocycles. The number of hydrogen-bond acceptors (Lipinski definition) is 8. The van der Waals surface area contributed by atoms with Crippen molar-refractivity contribution < 1.29 is 14.0 Å². The van der Waals surface area contributed by atoms with Gasteiger partial charge in [-0.1, -0.05) is 17.7 Å². The number of carbonyl (C=O) groups is 2. The summed E-state index contributed by atoms with van der Waals surface area (Å²) in [6.45, 7) is 0. The normalized spacial score (nSPS) is 10.1. The molecule has 0 unspecified atom stereocenters. The van der Waals surface area contributed by atoms with Crippen LogP contribution in [0.5, 0.6) is 0 Å². The van der Waals surface area contributed by atoms with E-state index in [1.165, 1.54) is 24.7 Å². The molecular formula is C16H14ClN7O3. The van der Waals surface area contributed by atoms with Crippen LogP contribution < -0.4 is 27.4 Å². The third-order valence-electron chi connectivity index (χ3n) is 3.30. The predicted molar refractivity (Wildman–Crippen MR) is 98.8 cm³/mol. The highest BCUT2D eigenvalue weighted by Gasteiger charge is 2.12. The van der Waals surface area contributed by atoms with E-state index in [0.29, 0.717) is 10.6 Å². The lowest BCUT2D eigenvalue weighted by atomic mass is 10.2. The van der Waals surface area contributed by atoms with Crippen molar-refractivity contribution in [1.29, 1.82) is 0 Å². The topological polar surface area (TPSA) is 147 Å². The maximum Gasteiger partial charge on any atom is 0.305 e. The first-order chi connectivity index (χ1) is 13.0. The average Bonchev–Trinajstić information content (AvgIpc) is 3.20. The first-order valence-corrected chi connectivity index (χ1v) is 7.94. The molecule has 0 fully saturated rings. The fraction of sp³-hybridized carbons (Fsp3) is 0. The van der Waals surface area contributed by atoms with Crippen molar-refractivity contribution in [2.45, 2.75) is 0 Å². The number of hydrazine groups is 2. The number of benzene rings is 1. The van der Waals surface area contributed by atoms with Crippen molar-refractivity contribution in [3.8, 4) is 0 Å². The van der Waals surface area contributed by atoms with Crippen LogP contribution in [0.15, 0.2) is 53.4 Å². The molecule has 3 aromatic rings. The van der Waals surface area contributed by atoms with Gasteiger partial charge in [0.1, 0.15) is 12.0 Å². The molecule has 0 aliphatic rings. The maximum absolute atomic E-state index is 12.1. The second kappa shape index (κ2) is 8.06. The Kier molecular flexibility index (Phi) is 5.38. The van der Waals surface area contributed by atoms with E-state index in [1.807, 2.05) is 0 Å². The highest BCUT2D eigenvalue weighted by molar-refractivity contribution is 6.30. The summed E-state index contributed by atoms with van der Waals surface area (Å²) in [5.41, 5.74) is 16.4. The maximum atomic E-state index is 12.1. The monoisotopic (exact) mass is 387 g/mol. The number of nitrogens with zero attached hydrogens (tertiary/aromatic N) is 2. The first kappa shape index (κ1) is 18.0. The molecule has 11 heteroatoms. The Morgan fingerprint density at radius 1 is 1.00 bits per heavy atom. The van der Waals surface area contributed by atoms with Gasteiger partial charge in [0.2, 0.25) is 0 Å². The third kappa shape index (κ3) is 4.44. The van der Waals surface area contributed by atoms with Crippen LogP contribution in [0.25, 0.3) is 0 Å². The number of aromatic nitrogens is 2. The molecule has 27 heavy (non-hydrogen) atoms. The summed E-state index contributed by atoms with van der Waals surface area (Å²) < 4.78 is 4.97. The Labute approximate surface area is 158 Å². The molecule has 3 rings (SSSR count). The first-order valence-electron chi connectivity index (χ1n) is 7.57.